The summed E-state index contributed by atoms with van der Waals surface area (Å²) in [6.45, 7) is 0. The first-order chi connectivity index (χ1) is 10.1. The minimum Gasteiger partial charge on any atom is -0.319 e. The standard InChI is InChI=1S/C15H9BrFN3O/c16-10-7-9-3-1-4-11(14(9)18-8-10)20-15(21)12-5-2-6-13(17)19-12/h1-8H,(H,20,21). The van der Waals surface area contributed by atoms with Crippen LogP contribution in [0.3, 0.4) is 0 Å². The molecule has 104 valence electrons. The van der Waals surface area contributed by atoms with Crippen molar-refractivity contribution in [1.82, 2.24) is 9.97 Å². The number of nitrogens with one attached hydrogen (secondary N) is 1. The quantitative estimate of drug-likeness (QED) is 0.719. The zero-order valence-corrected chi connectivity index (χ0v) is 12.3. The lowest BCUT2D eigenvalue weighted by atomic mass is 10.2. The van der Waals surface area contributed by atoms with Crippen LogP contribution in [0, 0.1) is 5.95 Å². The molecule has 0 fully saturated rings. The van der Waals surface area contributed by atoms with Crippen LogP contribution in [0.4, 0.5) is 10.1 Å². The fourth-order valence-corrected chi connectivity index (χ4v) is 2.30. The van der Waals surface area contributed by atoms with E-state index in [0.717, 1.165) is 9.86 Å². The smallest absolute Gasteiger partial charge is 0.274 e. The Hall–Kier alpha value is -2.34. The van der Waals surface area contributed by atoms with Crippen molar-refractivity contribution >= 4 is 38.4 Å². The van der Waals surface area contributed by atoms with Crippen molar-refractivity contribution in [2.45, 2.75) is 0 Å². The number of amides is 1. The monoisotopic (exact) mass is 345 g/mol. The van der Waals surface area contributed by atoms with Crippen LogP contribution in [0.15, 0.2) is 53.1 Å². The number of fused-ring (bicyclic) bond motifs is 1. The van der Waals surface area contributed by atoms with E-state index in [2.05, 4.69) is 31.2 Å². The maximum atomic E-state index is 13.1. The molecule has 0 saturated carbocycles. The van der Waals surface area contributed by atoms with Gasteiger partial charge in [-0.2, -0.15) is 4.39 Å². The number of carbonyl (C=O) groups is 1. The Kier molecular flexibility index (Phi) is 3.62. The van der Waals surface area contributed by atoms with E-state index in [9.17, 15) is 9.18 Å². The zero-order chi connectivity index (χ0) is 14.8. The van der Waals surface area contributed by atoms with Gasteiger partial charge in [0.1, 0.15) is 5.69 Å². The van der Waals surface area contributed by atoms with Gasteiger partial charge in [-0.1, -0.05) is 18.2 Å². The highest BCUT2D eigenvalue weighted by Gasteiger charge is 2.11. The largest absolute Gasteiger partial charge is 0.319 e. The lowest BCUT2D eigenvalue weighted by Gasteiger charge is -2.08. The van der Waals surface area contributed by atoms with Gasteiger partial charge < -0.3 is 5.32 Å². The number of rotatable bonds is 2. The molecule has 1 amide bonds. The van der Waals surface area contributed by atoms with Crippen molar-refractivity contribution in [3.05, 3.63) is 64.8 Å². The van der Waals surface area contributed by atoms with E-state index in [0.29, 0.717) is 11.2 Å². The van der Waals surface area contributed by atoms with Crippen LogP contribution < -0.4 is 5.32 Å². The van der Waals surface area contributed by atoms with Gasteiger partial charge in [-0.3, -0.25) is 9.78 Å². The fraction of sp³-hybridized carbons (Fsp3) is 0. The third-order valence-corrected chi connectivity index (χ3v) is 3.31. The van der Waals surface area contributed by atoms with Crippen LogP contribution in [-0.2, 0) is 0 Å². The number of carbonyl (C=O) groups excluding carboxylic acids is 1. The molecule has 4 nitrogen and oxygen atoms in total. The average Bonchev–Trinajstić information content (AvgIpc) is 2.47. The lowest BCUT2D eigenvalue weighted by molar-refractivity contribution is 0.102. The van der Waals surface area contributed by atoms with Gasteiger partial charge in [0.2, 0.25) is 5.95 Å². The molecule has 3 aromatic rings. The first-order valence-electron chi connectivity index (χ1n) is 6.12. The normalized spacial score (nSPS) is 10.6. The predicted octanol–water partition coefficient (Wildman–Crippen LogP) is 3.78. The maximum absolute atomic E-state index is 13.1. The Morgan fingerprint density at radius 1 is 1.19 bits per heavy atom. The molecule has 0 saturated heterocycles. The summed E-state index contributed by atoms with van der Waals surface area (Å²) in [7, 11) is 0. The maximum Gasteiger partial charge on any atom is 0.274 e. The highest BCUT2D eigenvalue weighted by atomic mass is 79.9. The van der Waals surface area contributed by atoms with Gasteiger partial charge in [-0.05, 0) is 40.2 Å². The van der Waals surface area contributed by atoms with Gasteiger partial charge in [0.05, 0.1) is 11.2 Å². The third kappa shape index (κ3) is 2.90. The minimum atomic E-state index is -0.692. The molecule has 0 spiro atoms. The van der Waals surface area contributed by atoms with E-state index in [-0.39, 0.29) is 5.69 Å². The number of anilines is 1. The molecule has 0 bridgehead atoms. The SMILES string of the molecule is O=C(Nc1cccc2cc(Br)cnc12)c1cccc(F)n1. The van der Waals surface area contributed by atoms with Crippen LogP contribution in [-0.4, -0.2) is 15.9 Å². The molecule has 21 heavy (non-hydrogen) atoms. The minimum absolute atomic E-state index is 0.0177. The summed E-state index contributed by atoms with van der Waals surface area (Å²) >= 11 is 3.35. The molecule has 0 aliphatic carbocycles. The van der Waals surface area contributed by atoms with E-state index < -0.39 is 11.9 Å². The van der Waals surface area contributed by atoms with Crippen molar-refractivity contribution in [3.8, 4) is 0 Å². The van der Waals surface area contributed by atoms with Gasteiger partial charge in [0.15, 0.2) is 0 Å². The molecular formula is C15H9BrFN3O. The van der Waals surface area contributed by atoms with Gasteiger partial charge >= 0.3 is 0 Å². The number of benzene rings is 1. The predicted molar refractivity (Wildman–Crippen MR) is 81.6 cm³/mol. The summed E-state index contributed by atoms with van der Waals surface area (Å²) in [6.07, 6.45) is 1.65. The number of halogens is 2. The second-order valence-electron chi connectivity index (χ2n) is 4.33. The summed E-state index contributed by atoms with van der Waals surface area (Å²) in [6, 6.07) is 11.4. The number of hydrogen-bond donors (Lipinski definition) is 1. The number of nitrogens with zero attached hydrogens (tertiary/aromatic N) is 2. The van der Waals surface area contributed by atoms with Crippen LogP contribution in [0.1, 0.15) is 10.5 Å². The zero-order valence-electron chi connectivity index (χ0n) is 10.7. The molecule has 1 aromatic carbocycles. The molecule has 1 N–H and O–H groups in total. The summed E-state index contributed by atoms with van der Waals surface area (Å²) in [4.78, 5) is 19.9. The topological polar surface area (TPSA) is 54.9 Å². The number of para-hydroxylation sites is 1. The Morgan fingerprint density at radius 3 is 2.81 bits per heavy atom. The summed E-state index contributed by atoms with van der Waals surface area (Å²) in [5.74, 6) is -1.17. The van der Waals surface area contributed by atoms with Gasteiger partial charge in [0.25, 0.3) is 5.91 Å². The second kappa shape index (κ2) is 5.57. The molecular weight excluding hydrogens is 337 g/mol. The second-order valence-corrected chi connectivity index (χ2v) is 5.25. The highest BCUT2D eigenvalue weighted by Crippen LogP contribution is 2.24. The first kappa shape index (κ1) is 13.6. The molecule has 0 aliphatic heterocycles. The highest BCUT2D eigenvalue weighted by molar-refractivity contribution is 9.10. The van der Waals surface area contributed by atoms with Crippen molar-refractivity contribution in [2.75, 3.05) is 5.32 Å². The third-order valence-electron chi connectivity index (χ3n) is 2.87. The summed E-state index contributed by atoms with van der Waals surface area (Å²) in [5.41, 5.74) is 1.23. The Bertz CT molecular complexity index is 838. The number of hydrogen-bond acceptors (Lipinski definition) is 3. The molecule has 3 rings (SSSR count). The van der Waals surface area contributed by atoms with Crippen molar-refractivity contribution in [3.63, 3.8) is 0 Å². The number of pyridine rings is 2. The molecule has 6 heteroatoms. The first-order valence-corrected chi connectivity index (χ1v) is 6.91. The van der Waals surface area contributed by atoms with E-state index in [1.807, 2.05) is 18.2 Å². The van der Waals surface area contributed by atoms with E-state index in [4.69, 9.17) is 0 Å². The van der Waals surface area contributed by atoms with E-state index in [1.54, 1.807) is 12.3 Å². The van der Waals surface area contributed by atoms with E-state index >= 15 is 0 Å². The van der Waals surface area contributed by atoms with Crippen LogP contribution in [0.25, 0.3) is 10.9 Å². The lowest BCUT2D eigenvalue weighted by Crippen LogP contribution is -2.14. The van der Waals surface area contributed by atoms with Gasteiger partial charge in [0, 0.05) is 16.1 Å². The average molecular weight is 346 g/mol. The van der Waals surface area contributed by atoms with Crippen LogP contribution in [0.5, 0.6) is 0 Å². The number of aromatic nitrogens is 2. The fourth-order valence-electron chi connectivity index (χ4n) is 1.96. The summed E-state index contributed by atoms with van der Waals surface area (Å²) < 4.78 is 13.9. The van der Waals surface area contributed by atoms with Gasteiger partial charge in [-0.15, -0.1) is 0 Å². The Morgan fingerprint density at radius 2 is 2.00 bits per heavy atom. The van der Waals surface area contributed by atoms with Crippen LogP contribution in [0.2, 0.25) is 0 Å². The van der Waals surface area contributed by atoms with Crippen LogP contribution >= 0.6 is 15.9 Å². The molecule has 2 aromatic heterocycles. The summed E-state index contributed by atoms with van der Waals surface area (Å²) in [5, 5.41) is 3.59. The van der Waals surface area contributed by atoms with Crippen molar-refractivity contribution in [1.29, 1.82) is 0 Å². The molecule has 2 heterocycles. The van der Waals surface area contributed by atoms with Crippen molar-refractivity contribution < 1.29 is 9.18 Å². The van der Waals surface area contributed by atoms with Crippen molar-refractivity contribution in [2.24, 2.45) is 0 Å². The Labute approximate surface area is 128 Å². The van der Waals surface area contributed by atoms with Gasteiger partial charge in [-0.25, -0.2) is 4.98 Å². The van der Waals surface area contributed by atoms with E-state index in [1.165, 1.54) is 18.2 Å². The molecule has 0 atom stereocenters. The molecule has 0 aliphatic rings. The molecule has 0 unspecified atom stereocenters. The molecule has 0 radical (unpaired) electrons. The Balaban J connectivity index is 1.96.